The molecule has 1 aromatic carbocycles. The van der Waals surface area contributed by atoms with Crippen molar-refractivity contribution in [1.29, 1.82) is 0 Å². The van der Waals surface area contributed by atoms with E-state index in [1.54, 1.807) is 23.9 Å². The van der Waals surface area contributed by atoms with Crippen LogP contribution in [0.1, 0.15) is 10.4 Å². The summed E-state index contributed by atoms with van der Waals surface area (Å²) in [7, 11) is 0. The second kappa shape index (κ2) is 5.62. The highest BCUT2D eigenvalue weighted by molar-refractivity contribution is 7.98. The number of nitrogens with two attached hydrogens (primary N) is 2. The lowest BCUT2D eigenvalue weighted by atomic mass is 10.2. The predicted molar refractivity (Wildman–Crippen MR) is 75.5 cm³/mol. The van der Waals surface area contributed by atoms with E-state index in [0.29, 0.717) is 11.4 Å². The molecule has 0 aliphatic carbocycles. The van der Waals surface area contributed by atoms with E-state index < -0.39 is 5.91 Å². The van der Waals surface area contributed by atoms with Crippen molar-refractivity contribution in [3.63, 3.8) is 0 Å². The van der Waals surface area contributed by atoms with Crippen molar-refractivity contribution in [2.75, 3.05) is 12.0 Å². The fourth-order valence-electron chi connectivity index (χ4n) is 1.48. The number of pyridine rings is 1. The zero-order valence-corrected chi connectivity index (χ0v) is 11.1. The first-order valence-corrected chi connectivity index (χ1v) is 6.70. The normalized spacial score (nSPS) is 10.2. The van der Waals surface area contributed by atoms with Crippen LogP contribution in [0.5, 0.6) is 11.6 Å². The Bertz CT molecular complexity index is 599. The van der Waals surface area contributed by atoms with Crippen molar-refractivity contribution in [2.45, 2.75) is 4.90 Å². The first-order chi connectivity index (χ1) is 9.10. The lowest BCUT2D eigenvalue weighted by Crippen LogP contribution is -2.13. The van der Waals surface area contributed by atoms with Gasteiger partial charge in [0.15, 0.2) is 0 Å². The number of primary amides is 1. The van der Waals surface area contributed by atoms with E-state index >= 15 is 0 Å². The largest absolute Gasteiger partial charge is 0.438 e. The maximum Gasteiger partial charge on any atom is 0.254 e. The molecule has 1 heterocycles. The highest BCUT2D eigenvalue weighted by Gasteiger charge is 2.12. The van der Waals surface area contributed by atoms with Crippen LogP contribution >= 0.6 is 11.8 Å². The molecule has 0 saturated heterocycles. The molecule has 19 heavy (non-hydrogen) atoms. The Morgan fingerprint density at radius 2 is 2.00 bits per heavy atom. The van der Waals surface area contributed by atoms with Crippen molar-refractivity contribution in [1.82, 2.24) is 4.98 Å². The third-order valence-electron chi connectivity index (χ3n) is 2.41. The highest BCUT2D eigenvalue weighted by atomic mass is 32.2. The van der Waals surface area contributed by atoms with Gasteiger partial charge in [-0.25, -0.2) is 4.98 Å². The molecule has 0 bridgehead atoms. The molecule has 6 heteroatoms. The second-order valence-electron chi connectivity index (χ2n) is 3.76. The fourth-order valence-corrected chi connectivity index (χ4v) is 1.89. The van der Waals surface area contributed by atoms with Crippen LogP contribution in [0.4, 0.5) is 5.69 Å². The molecule has 5 nitrogen and oxygen atoms in total. The summed E-state index contributed by atoms with van der Waals surface area (Å²) in [5.41, 5.74) is 11.4. The average Bonchev–Trinajstić information content (AvgIpc) is 2.41. The van der Waals surface area contributed by atoms with Gasteiger partial charge in [0.1, 0.15) is 11.3 Å². The standard InChI is InChI=1S/C13H13N3O2S/c1-19-10-4-2-9(3-5-10)18-13-11(12(15)17)6-8(14)7-16-13/h2-7H,14H2,1H3,(H2,15,17). The number of carbonyl (C=O) groups is 1. The van der Waals surface area contributed by atoms with Crippen LogP contribution in [-0.2, 0) is 0 Å². The minimum Gasteiger partial charge on any atom is -0.438 e. The molecule has 0 saturated carbocycles. The van der Waals surface area contributed by atoms with Crippen molar-refractivity contribution < 1.29 is 9.53 Å². The lowest BCUT2D eigenvalue weighted by molar-refractivity contribution is 0.0997. The summed E-state index contributed by atoms with van der Waals surface area (Å²) in [6, 6.07) is 8.88. The Morgan fingerprint density at radius 1 is 1.32 bits per heavy atom. The van der Waals surface area contributed by atoms with Crippen LogP contribution in [0.25, 0.3) is 0 Å². The molecule has 1 amide bonds. The molecular weight excluding hydrogens is 262 g/mol. The Balaban J connectivity index is 2.29. The molecule has 0 aliphatic rings. The topological polar surface area (TPSA) is 91.2 Å². The van der Waals surface area contributed by atoms with Gasteiger partial charge in [-0.2, -0.15) is 0 Å². The van der Waals surface area contributed by atoms with Gasteiger partial charge in [-0.15, -0.1) is 11.8 Å². The highest BCUT2D eigenvalue weighted by Crippen LogP contribution is 2.26. The van der Waals surface area contributed by atoms with Crippen LogP contribution in [0.2, 0.25) is 0 Å². The fraction of sp³-hybridized carbons (Fsp3) is 0.0769. The van der Waals surface area contributed by atoms with Crippen LogP contribution in [0.3, 0.4) is 0 Å². The van der Waals surface area contributed by atoms with Crippen LogP contribution < -0.4 is 16.2 Å². The van der Waals surface area contributed by atoms with Gasteiger partial charge in [-0.3, -0.25) is 4.79 Å². The Morgan fingerprint density at radius 3 is 2.58 bits per heavy atom. The van der Waals surface area contributed by atoms with E-state index in [4.69, 9.17) is 16.2 Å². The minimum atomic E-state index is -0.629. The number of nitrogen functional groups attached to an aromatic ring is 1. The molecular formula is C13H13N3O2S. The lowest BCUT2D eigenvalue weighted by Gasteiger charge is -2.08. The van der Waals surface area contributed by atoms with Gasteiger partial charge >= 0.3 is 0 Å². The number of rotatable bonds is 4. The van der Waals surface area contributed by atoms with Gasteiger partial charge in [0.05, 0.1) is 11.9 Å². The summed E-state index contributed by atoms with van der Waals surface area (Å²) in [6.07, 6.45) is 3.40. The zero-order valence-electron chi connectivity index (χ0n) is 10.3. The van der Waals surface area contributed by atoms with Crippen LogP contribution in [0, 0.1) is 0 Å². The van der Waals surface area contributed by atoms with Crippen molar-refractivity contribution in [3.8, 4) is 11.6 Å². The molecule has 0 spiro atoms. The summed E-state index contributed by atoms with van der Waals surface area (Å²) in [5, 5.41) is 0. The molecule has 98 valence electrons. The van der Waals surface area contributed by atoms with E-state index in [9.17, 15) is 4.79 Å². The average molecular weight is 275 g/mol. The number of anilines is 1. The van der Waals surface area contributed by atoms with Crippen molar-refractivity contribution in [3.05, 3.63) is 42.1 Å². The van der Waals surface area contributed by atoms with E-state index in [-0.39, 0.29) is 11.4 Å². The number of hydrogen-bond donors (Lipinski definition) is 2. The zero-order chi connectivity index (χ0) is 13.8. The number of carbonyl (C=O) groups excluding carboxylic acids is 1. The van der Waals surface area contributed by atoms with Crippen molar-refractivity contribution in [2.24, 2.45) is 5.73 Å². The van der Waals surface area contributed by atoms with Crippen molar-refractivity contribution >= 4 is 23.4 Å². The second-order valence-corrected chi connectivity index (χ2v) is 4.64. The molecule has 0 atom stereocenters. The Hall–Kier alpha value is -2.21. The van der Waals surface area contributed by atoms with Crippen LogP contribution in [0.15, 0.2) is 41.4 Å². The molecule has 0 aliphatic heterocycles. The third-order valence-corrected chi connectivity index (χ3v) is 3.16. The smallest absolute Gasteiger partial charge is 0.254 e. The number of benzene rings is 1. The molecule has 0 fully saturated rings. The van der Waals surface area contributed by atoms with E-state index in [2.05, 4.69) is 4.98 Å². The molecule has 2 aromatic rings. The Kier molecular flexibility index (Phi) is 3.91. The number of hydrogen-bond acceptors (Lipinski definition) is 5. The van der Waals surface area contributed by atoms with Gasteiger partial charge in [-0.05, 0) is 36.6 Å². The summed E-state index contributed by atoms with van der Waals surface area (Å²) < 4.78 is 5.55. The molecule has 0 unspecified atom stereocenters. The molecule has 1 aromatic heterocycles. The monoisotopic (exact) mass is 275 g/mol. The minimum absolute atomic E-state index is 0.151. The van der Waals surface area contributed by atoms with E-state index in [1.807, 2.05) is 18.4 Å². The number of ether oxygens (including phenoxy) is 1. The predicted octanol–water partition coefficient (Wildman–Crippen LogP) is 2.28. The maximum absolute atomic E-state index is 11.3. The molecule has 0 radical (unpaired) electrons. The SMILES string of the molecule is CSc1ccc(Oc2ncc(N)cc2C(N)=O)cc1. The van der Waals surface area contributed by atoms with Crippen LogP contribution in [-0.4, -0.2) is 17.1 Å². The number of aromatic nitrogens is 1. The van der Waals surface area contributed by atoms with Gasteiger partial charge < -0.3 is 16.2 Å². The summed E-state index contributed by atoms with van der Waals surface area (Å²) >= 11 is 1.63. The third kappa shape index (κ3) is 3.17. The van der Waals surface area contributed by atoms with Gasteiger partial charge in [0.25, 0.3) is 5.91 Å². The summed E-state index contributed by atoms with van der Waals surface area (Å²) in [5.74, 6) is 0.103. The summed E-state index contributed by atoms with van der Waals surface area (Å²) in [4.78, 5) is 16.4. The van der Waals surface area contributed by atoms with E-state index in [1.165, 1.54) is 12.3 Å². The molecule has 2 rings (SSSR count). The first kappa shape index (κ1) is 13.2. The quantitative estimate of drug-likeness (QED) is 0.835. The Labute approximate surface area is 115 Å². The van der Waals surface area contributed by atoms with E-state index in [0.717, 1.165) is 4.90 Å². The summed E-state index contributed by atoms with van der Waals surface area (Å²) in [6.45, 7) is 0. The number of nitrogens with zero attached hydrogens (tertiary/aromatic N) is 1. The molecule has 4 N–H and O–H groups in total. The van der Waals surface area contributed by atoms with Gasteiger partial charge in [0, 0.05) is 4.90 Å². The number of thioether (sulfide) groups is 1. The van der Waals surface area contributed by atoms with Gasteiger partial charge in [0.2, 0.25) is 5.88 Å². The van der Waals surface area contributed by atoms with Gasteiger partial charge in [-0.1, -0.05) is 0 Å². The maximum atomic E-state index is 11.3. The number of amides is 1. The first-order valence-electron chi connectivity index (χ1n) is 5.47.